The van der Waals surface area contributed by atoms with Crippen LogP contribution in [0.15, 0.2) is 65.8 Å². The van der Waals surface area contributed by atoms with Gasteiger partial charge in [-0.25, -0.2) is 0 Å². The zero-order valence-corrected chi connectivity index (χ0v) is 19.8. The molecular formula is C24H22Cl2N4OS. The molecule has 0 spiro atoms. The van der Waals surface area contributed by atoms with Crippen LogP contribution in [0.2, 0.25) is 10.0 Å². The normalized spacial score (nSPS) is 11.1. The van der Waals surface area contributed by atoms with Gasteiger partial charge in [0.25, 0.3) is 5.91 Å². The van der Waals surface area contributed by atoms with Crippen LogP contribution in [-0.2, 0) is 6.54 Å². The van der Waals surface area contributed by atoms with Crippen LogP contribution in [0.4, 0.5) is 0 Å². The molecule has 0 unspecified atom stereocenters. The standard InChI is InChI=1S/C24H22Cl2N4OS/c1-2-3-13-32-24-29-28-22(30(24)17-11-12-20(25)21(26)14-17)15-27-23(31)19-10-6-8-16-7-4-5-9-18(16)19/h4-12,14H,2-3,13,15H2,1H3,(H,27,31). The molecule has 1 heterocycles. The minimum atomic E-state index is -0.161. The number of nitrogens with one attached hydrogen (secondary N) is 1. The fourth-order valence-electron chi connectivity index (χ4n) is 3.38. The van der Waals surface area contributed by atoms with Crippen molar-refractivity contribution < 1.29 is 4.79 Å². The van der Waals surface area contributed by atoms with Crippen molar-refractivity contribution in [2.45, 2.75) is 31.5 Å². The predicted molar refractivity (Wildman–Crippen MR) is 132 cm³/mol. The van der Waals surface area contributed by atoms with Crippen LogP contribution in [0.3, 0.4) is 0 Å². The molecular weight excluding hydrogens is 463 g/mol. The summed E-state index contributed by atoms with van der Waals surface area (Å²) in [5.74, 6) is 1.39. The average molecular weight is 485 g/mol. The van der Waals surface area contributed by atoms with E-state index in [0.717, 1.165) is 40.2 Å². The summed E-state index contributed by atoms with van der Waals surface area (Å²) >= 11 is 14.0. The van der Waals surface area contributed by atoms with Crippen molar-refractivity contribution in [3.05, 3.63) is 82.1 Å². The molecule has 0 saturated heterocycles. The van der Waals surface area contributed by atoms with E-state index in [0.29, 0.717) is 21.4 Å². The number of carbonyl (C=O) groups is 1. The maximum Gasteiger partial charge on any atom is 0.252 e. The van der Waals surface area contributed by atoms with Crippen molar-refractivity contribution in [2.75, 3.05) is 5.75 Å². The van der Waals surface area contributed by atoms with Crippen molar-refractivity contribution in [1.29, 1.82) is 0 Å². The molecule has 0 atom stereocenters. The number of rotatable bonds is 8. The Balaban J connectivity index is 1.61. The number of nitrogens with zero attached hydrogens (tertiary/aromatic N) is 3. The van der Waals surface area contributed by atoms with Gasteiger partial charge in [0.2, 0.25) is 0 Å². The second-order valence-electron chi connectivity index (χ2n) is 7.24. The average Bonchev–Trinajstić information content (AvgIpc) is 3.21. The van der Waals surface area contributed by atoms with E-state index in [2.05, 4.69) is 22.4 Å². The maximum atomic E-state index is 13.0. The largest absolute Gasteiger partial charge is 0.345 e. The molecule has 4 aromatic rings. The molecule has 0 aliphatic carbocycles. The number of aromatic nitrogens is 3. The Morgan fingerprint density at radius 2 is 1.84 bits per heavy atom. The zero-order chi connectivity index (χ0) is 22.5. The van der Waals surface area contributed by atoms with Crippen LogP contribution in [-0.4, -0.2) is 26.4 Å². The van der Waals surface area contributed by atoms with Gasteiger partial charge in [0.05, 0.1) is 22.3 Å². The summed E-state index contributed by atoms with van der Waals surface area (Å²) in [6, 6.07) is 18.9. The Kier molecular flexibility index (Phi) is 7.35. The molecule has 0 fully saturated rings. The molecule has 0 saturated carbocycles. The van der Waals surface area contributed by atoms with Gasteiger partial charge in [-0.3, -0.25) is 9.36 Å². The second-order valence-corrected chi connectivity index (χ2v) is 9.12. The summed E-state index contributed by atoms with van der Waals surface area (Å²) in [6.45, 7) is 2.38. The summed E-state index contributed by atoms with van der Waals surface area (Å²) < 4.78 is 1.92. The van der Waals surface area contributed by atoms with E-state index in [-0.39, 0.29) is 12.5 Å². The Morgan fingerprint density at radius 3 is 2.66 bits per heavy atom. The number of carbonyl (C=O) groups excluding carboxylic acids is 1. The number of benzene rings is 3. The van der Waals surface area contributed by atoms with Crippen molar-refractivity contribution in [3.63, 3.8) is 0 Å². The van der Waals surface area contributed by atoms with Crippen molar-refractivity contribution in [2.24, 2.45) is 0 Å². The Morgan fingerprint density at radius 1 is 1.03 bits per heavy atom. The van der Waals surface area contributed by atoms with E-state index < -0.39 is 0 Å². The van der Waals surface area contributed by atoms with Gasteiger partial charge in [-0.2, -0.15) is 0 Å². The van der Waals surface area contributed by atoms with Gasteiger partial charge in [-0.1, -0.05) is 84.7 Å². The van der Waals surface area contributed by atoms with E-state index in [1.807, 2.05) is 53.1 Å². The molecule has 5 nitrogen and oxygen atoms in total. The number of thioether (sulfide) groups is 1. The van der Waals surface area contributed by atoms with E-state index in [1.54, 1.807) is 23.9 Å². The van der Waals surface area contributed by atoms with Gasteiger partial charge in [-0.05, 0) is 41.5 Å². The van der Waals surface area contributed by atoms with E-state index in [1.165, 1.54) is 0 Å². The molecule has 1 N–H and O–H groups in total. The van der Waals surface area contributed by atoms with E-state index in [9.17, 15) is 4.79 Å². The Bertz CT molecular complexity index is 1250. The second kappa shape index (κ2) is 10.4. The molecule has 8 heteroatoms. The summed E-state index contributed by atoms with van der Waals surface area (Å²) in [5, 5.41) is 15.3. The Labute approximate surface area is 201 Å². The molecule has 3 aromatic carbocycles. The maximum absolute atomic E-state index is 13.0. The highest BCUT2D eigenvalue weighted by Crippen LogP contribution is 2.28. The number of hydrogen-bond donors (Lipinski definition) is 1. The predicted octanol–water partition coefficient (Wildman–Crippen LogP) is 6.55. The molecule has 0 radical (unpaired) electrons. The molecule has 0 bridgehead atoms. The first-order valence-electron chi connectivity index (χ1n) is 10.4. The monoisotopic (exact) mass is 484 g/mol. The highest BCUT2D eigenvalue weighted by atomic mass is 35.5. The summed E-state index contributed by atoms with van der Waals surface area (Å²) in [6.07, 6.45) is 2.17. The van der Waals surface area contributed by atoms with Crippen molar-refractivity contribution in [3.8, 4) is 5.69 Å². The highest BCUT2D eigenvalue weighted by molar-refractivity contribution is 7.99. The molecule has 0 aliphatic heterocycles. The topological polar surface area (TPSA) is 59.8 Å². The van der Waals surface area contributed by atoms with Crippen LogP contribution >= 0.6 is 35.0 Å². The van der Waals surface area contributed by atoms with Gasteiger partial charge < -0.3 is 5.32 Å². The molecule has 32 heavy (non-hydrogen) atoms. The molecule has 1 aromatic heterocycles. The number of halogens is 2. The Hall–Kier alpha value is -2.54. The lowest BCUT2D eigenvalue weighted by Gasteiger charge is -2.12. The number of fused-ring (bicyclic) bond motifs is 1. The first kappa shape index (κ1) is 22.6. The smallest absolute Gasteiger partial charge is 0.252 e. The molecule has 0 aliphatic rings. The fraction of sp³-hybridized carbons (Fsp3) is 0.208. The number of amides is 1. The lowest BCUT2D eigenvalue weighted by Crippen LogP contribution is -2.25. The third-order valence-corrected chi connectivity index (χ3v) is 6.79. The summed E-state index contributed by atoms with van der Waals surface area (Å²) in [7, 11) is 0. The van der Waals surface area contributed by atoms with Crippen LogP contribution in [0.25, 0.3) is 16.5 Å². The van der Waals surface area contributed by atoms with E-state index >= 15 is 0 Å². The van der Waals surface area contributed by atoms with Crippen LogP contribution in [0, 0.1) is 0 Å². The first-order valence-corrected chi connectivity index (χ1v) is 12.1. The van der Waals surface area contributed by atoms with Crippen molar-refractivity contribution in [1.82, 2.24) is 20.1 Å². The molecule has 164 valence electrons. The van der Waals surface area contributed by atoms with Crippen LogP contribution in [0.5, 0.6) is 0 Å². The SMILES string of the molecule is CCCCSc1nnc(CNC(=O)c2cccc3ccccc23)n1-c1ccc(Cl)c(Cl)c1. The quantitative estimate of drug-likeness (QED) is 0.227. The lowest BCUT2D eigenvalue weighted by atomic mass is 10.0. The third kappa shape index (κ3) is 4.93. The van der Waals surface area contributed by atoms with Crippen LogP contribution in [0.1, 0.15) is 35.9 Å². The highest BCUT2D eigenvalue weighted by Gasteiger charge is 2.17. The minimum absolute atomic E-state index is 0.161. The minimum Gasteiger partial charge on any atom is -0.345 e. The third-order valence-electron chi connectivity index (χ3n) is 5.03. The van der Waals surface area contributed by atoms with Crippen molar-refractivity contribution >= 4 is 51.6 Å². The molecule has 4 rings (SSSR count). The van der Waals surface area contributed by atoms with Gasteiger partial charge in [0, 0.05) is 11.3 Å². The van der Waals surface area contributed by atoms with Gasteiger partial charge in [0.1, 0.15) is 0 Å². The van der Waals surface area contributed by atoms with Gasteiger partial charge >= 0.3 is 0 Å². The zero-order valence-electron chi connectivity index (χ0n) is 17.5. The summed E-state index contributed by atoms with van der Waals surface area (Å²) in [4.78, 5) is 13.0. The van der Waals surface area contributed by atoms with Gasteiger partial charge in [-0.15, -0.1) is 10.2 Å². The number of unbranched alkanes of at least 4 members (excludes halogenated alkanes) is 1. The molecule has 1 amide bonds. The van der Waals surface area contributed by atoms with Crippen LogP contribution < -0.4 is 5.32 Å². The fourth-order valence-corrected chi connectivity index (χ4v) is 4.72. The summed E-state index contributed by atoms with van der Waals surface area (Å²) in [5.41, 5.74) is 1.43. The first-order chi connectivity index (χ1) is 15.6. The van der Waals surface area contributed by atoms with E-state index in [4.69, 9.17) is 23.2 Å². The van der Waals surface area contributed by atoms with Gasteiger partial charge in [0.15, 0.2) is 11.0 Å². The lowest BCUT2D eigenvalue weighted by molar-refractivity contribution is 0.0951. The number of hydrogen-bond acceptors (Lipinski definition) is 4.